The Morgan fingerprint density at radius 2 is 2.08 bits per heavy atom. The summed E-state index contributed by atoms with van der Waals surface area (Å²) in [7, 11) is 0. The molecule has 5 nitrogen and oxygen atoms in total. The van der Waals surface area contributed by atoms with Gasteiger partial charge in [-0.1, -0.05) is 41.1 Å². The quantitative estimate of drug-likeness (QED) is 0.655. The van der Waals surface area contributed by atoms with Gasteiger partial charge in [0.05, 0.1) is 16.5 Å². The van der Waals surface area contributed by atoms with Gasteiger partial charge in [-0.15, -0.1) is 10.2 Å². The van der Waals surface area contributed by atoms with Crippen molar-refractivity contribution in [2.75, 3.05) is 11.1 Å². The first-order valence-corrected chi connectivity index (χ1v) is 9.16. The standard InChI is InChI=1S/C18H16ClFN4OS/c1-11-3-6-16(12(2)7-11)24-10-21-23-18(24)26-9-17(25)22-13-4-5-15(20)14(19)8-13/h3-8,10H,9H2,1-2H3,(H,22,25). The molecule has 0 bridgehead atoms. The number of carbonyl (C=O) groups is 1. The Labute approximate surface area is 159 Å². The molecule has 2 aromatic carbocycles. The third-order valence-corrected chi connectivity index (χ3v) is 4.90. The number of hydrogen-bond acceptors (Lipinski definition) is 4. The Hall–Kier alpha value is -2.38. The third-order valence-electron chi connectivity index (χ3n) is 3.66. The predicted octanol–water partition coefficient (Wildman–Crippen LogP) is 4.41. The zero-order valence-corrected chi connectivity index (χ0v) is 15.7. The SMILES string of the molecule is Cc1ccc(-n2cnnc2SCC(=O)Nc2ccc(F)c(Cl)c2)c(C)c1. The molecule has 26 heavy (non-hydrogen) atoms. The highest BCUT2D eigenvalue weighted by Crippen LogP contribution is 2.23. The van der Waals surface area contributed by atoms with Crippen molar-refractivity contribution >= 4 is 35.0 Å². The van der Waals surface area contributed by atoms with E-state index in [1.165, 1.54) is 35.5 Å². The average molecular weight is 391 g/mol. The fourth-order valence-electron chi connectivity index (χ4n) is 2.46. The second-order valence-electron chi connectivity index (χ2n) is 5.74. The molecule has 0 saturated heterocycles. The molecule has 8 heteroatoms. The van der Waals surface area contributed by atoms with Crippen LogP contribution in [0.5, 0.6) is 0 Å². The van der Waals surface area contributed by atoms with E-state index < -0.39 is 5.82 Å². The van der Waals surface area contributed by atoms with Crippen molar-refractivity contribution in [1.82, 2.24) is 14.8 Å². The van der Waals surface area contributed by atoms with Crippen LogP contribution in [0, 0.1) is 19.7 Å². The maximum Gasteiger partial charge on any atom is 0.234 e. The van der Waals surface area contributed by atoms with Crippen LogP contribution in [0.3, 0.4) is 0 Å². The minimum Gasteiger partial charge on any atom is -0.325 e. The molecule has 1 amide bonds. The molecular weight excluding hydrogens is 375 g/mol. The van der Waals surface area contributed by atoms with Gasteiger partial charge in [-0.3, -0.25) is 9.36 Å². The van der Waals surface area contributed by atoms with Crippen LogP contribution in [-0.4, -0.2) is 26.4 Å². The highest BCUT2D eigenvalue weighted by atomic mass is 35.5. The smallest absolute Gasteiger partial charge is 0.234 e. The lowest BCUT2D eigenvalue weighted by molar-refractivity contribution is -0.113. The van der Waals surface area contributed by atoms with Gasteiger partial charge in [0.1, 0.15) is 12.1 Å². The fraction of sp³-hybridized carbons (Fsp3) is 0.167. The predicted molar refractivity (Wildman–Crippen MR) is 102 cm³/mol. The molecule has 1 heterocycles. The maximum atomic E-state index is 13.2. The summed E-state index contributed by atoms with van der Waals surface area (Å²) >= 11 is 6.98. The molecule has 1 N–H and O–H groups in total. The number of rotatable bonds is 5. The minimum absolute atomic E-state index is 0.0370. The Kier molecular flexibility index (Phi) is 5.58. The van der Waals surface area contributed by atoms with E-state index in [0.717, 1.165) is 11.3 Å². The van der Waals surface area contributed by atoms with E-state index >= 15 is 0 Å². The van der Waals surface area contributed by atoms with Gasteiger partial charge in [-0.25, -0.2) is 4.39 Å². The lowest BCUT2D eigenvalue weighted by Crippen LogP contribution is -2.14. The van der Waals surface area contributed by atoms with Crippen LogP contribution in [0.4, 0.5) is 10.1 Å². The molecule has 0 spiro atoms. The van der Waals surface area contributed by atoms with Gasteiger partial charge in [-0.05, 0) is 43.7 Å². The van der Waals surface area contributed by atoms with Crippen LogP contribution in [-0.2, 0) is 4.79 Å². The summed E-state index contributed by atoms with van der Waals surface area (Å²) in [6.45, 7) is 4.05. The topological polar surface area (TPSA) is 59.8 Å². The molecule has 0 aliphatic carbocycles. The normalized spacial score (nSPS) is 10.8. The number of thioether (sulfide) groups is 1. The van der Waals surface area contributed by atoms with Crippen LogP contribution in [0.2, 0.25) is 5.02 Å². The zero-order valence-electron chi connectivity index (χ0n) is 14.2. The summed E-state index contributed by atoms with van der Waals surface area (Å²) in [6.07, 6.45) is 1.62. The molecule has 0 radical (unpaired) electrons. The number of amides is 1. The van der Waals surface area contributed by atoms with Crippen molar-refractivity contribution in [3.8, 4) is 5.69 Å². The van der Waals surface area contributed by atoms with Crippen LogP contribution in [0.25, 0.3) is 5.69 Å². The monoisotopic (exact) mass is 390 g/mol. The van der Waals surface area contributed by atoms with E-state index in [0.29, 0.717) is 10.8 Å². The summed E-state index contributed by atoms with van der Waals surface area (Å²) in [5, 5.41) is 11.3. The number of benzene rings is 2. The summed E-state index contributed by atoms with van der Waals surface area (Å²) in [4.78, 5) is 12.1. The van der Waals surface area contributed by atoms with Gasteiger partial charge in [-0.2, -0.15) is 0 Å². The van der Waals surface area contributed by atoms with Gasteiger partial charge in [0.25, 0.3) is 0 Å². The molecule has 0 fully saturated rings. The Morgan fingerprint density at radius 1 is 1.27 bits per heavy atom. The van der Waals surface area contributed by atoms with Gasteiger partial charge in [0.2, 0.25) is 5.91 Å². The van der Waals surface area contributed by atoms with Gasteiger partial charge >= 0.3 is 0 Å². The molecule has 134 valence electrons. The summed E-state index contributed by atoms with van der Waals surface area (Å²) in [6, 6.07) is 10.1. The van der Waals surface area contributed by atoms with E-state index in [1.54, 1.807) is 6.33 Å². The van der Waals surface area contributed by atoms with E-state index in [1.807, 2.05) is 30.5 Å². The molecule has 1 aromatic heterocycles. The number of aryl methyl sites for hydroxylation is 2. The second-order valence-corrected chi connectivity index (χ2v) is 7.09. The van der Waals surface area contributed by atoms with Crippen molar-refractivity contribution in [1.29, 1.82) is 0 Å². The third kappa shape index (κ3) is 4.23. The van der Waals surface area contributed by atoms with Gasteiger partial charge < -0.3 is 5.32 Å². The zero-order chi connectivity index (χ0) is 18.7. The van der Waals surface area contributed by atoms with Crippen molar-refractivity contribution in [2.45, 2.75) is 19.0 Å². The molecule has 0 aliphatic rings. The van der Waals surface area contributed by atoms with Crippen LogP contribution in [0.15, 0.2) is 47.9 Å². The largest absolute Gasteiger partial charge is 0.325 e. The van der Waals surface area contributed by atoms with E-state index in [-0.39, 0.29) is 16.7 Å². The van der Waals surface area contributed by atoms with Crippen molar-refractivity contribution in [2.24, 2.45) is 0 Å². The Balaban J connectivity index is 1.68. The highest BCUT2D eigenvalue weighted by molar-refractivity contribution is 7.99. The average Bonchev–Trinajstić information content (AvgIpc) is 3.05. The minimum atomic E-state index is -0.527. The van der Waals surface area contributed by atoms with Crippen molar-refractivity contribution in [3.63, 3.8) is 0 Å². The summed E-state index contributed by atoms with van der Waals surface area (Å²) in [5.41, 5.74) is 3.68. The first-order valence-electron chi connectivity index (χ1n) is 7.79. The highest BCUT2D eigenvalue weighted by Gasteiger charge is 2.12. The van der Waals surface area contributed by atoms with E-state index in [4.69, 9.17) is 11.6 Å². The van der Waals surface area contributed by atoms with Crippen LogP contribution in [0.1, 0.15) is 11.1 Å². The molecular formula is C18H16ClFN4OS. The Bertz CT molecular complexity index is 960. The lowest BCUT2D eigenvalue weighted by atomic mass is 10.1. The summed E-state index contributed by atoms with van der Waals surface area (Å²) in [5.74, 6) is -0.632. The number of anilines is 1. The lowest BCUT2D eigenvalue weighted by Gasteiger charge is -2.10. The number of aromatic nitrogens is 3. The fourth-order valence-corrected chi connectivity index (χ4v) is 3.37. The van der Waals surface area contributed by atoms with Crippen LogP contribution < -0.4 is 5.32 Å². The molecule has 0 saturated carbocycles. The van der Waals surface area contributed by atoms with Crippen LogP contribution >= 0.6 is 23.4 Å². The van der Waals surface area contributed by atoms with E-state index in [2.05, 4.69) is 21.6 Å². The first kappa shape index (κ1) is 18.4. The Morgan fingerprint density at radius 3 is 2.81 bits per heavy atom. The van der Waals surface area contributed by atoms with Gasteiger partial charge in [0, 0.05) is 5.69 Å². The molecule has 0 atom stereocenters. The number of nitrogens with one attached hydrogen (secondary N) is 1. The number of hydrogen-bond donors (Lipinski definition) is 1. The second kappa shape index (κ2) is 7.88. The van der Waals surface area contributed by atoms with Crippen molar-refractivity contribution < 1.29 is 9.18 Å². The molecule has 0 unspecified atom stereocenters. The number of halogens is 2. The van der Waals surface area contributed by atoms with Crippen molar-refractivity contribution in [3.05, 3.63) is 64.7 Å². The molecule has 3 rings (SSSR count). The number of nitrogens with zero attached hydrogens (tertiary/aromatic N) is 3. The molecule has 3 aromatic rings. The molecule has 0 aliphatic heterocycles. The first-order chi connectivity index (χ1) is 12.4. The maximum absolute atomic E-state index is 13.2. The number of carbonyl (C=O) groups excluding carboxylic acids is 1. The van der Waals surface area contributed by atoms with E-state index in [9.17, 15) is 9.18 Å². The van der Waals surface area contributed by atoms with Gasteiger partial charge in [0.15, 0.2) is 5.16 Å². The summed E-state index contributed by atoms with van der Waals surface area (Å²) < 4.78 is 15.0.